The van der Waals surface area contributed by atoms with Gasteiger partial charge in [0.05, 0.1) is 21.7 Å². The molecular formula is C20H29NO3Si2. The predicted molar refractivity (Wildman–Crippen MR) is 112 cm³/mol. The fourth-order valence-corrected chi connectivity index (χ4v) is 7.96. The van der Waals surface area contributed by atoms with Crippen LogP contribution in [0.25, 0.3) is 0 Å². The molecule has 1 unspecified atom stereocenters. The summed E-state index contributed by atoms with van der Waals surface area (Å²) < 4.78 is 0. The van der Waals surface area contributed by atoms with E-state index < -0.39 is 28.0 Å². The van der Waals surface area contributed by atoms with E-state index in [1.807, 2.05) is 18.2 Å². The second-order valence-corrected chi connectivity index (χ2v) is 19.5. The number of primary amides is 1. The highest BCUT2D eigenvalue weighted by atomic mass is 28.3. The molecule has 3 N–H and O–H groups in total. The summed E-state index contributed by atoms with van der Waals surface area (Å²) in [5.41, 5.74) is 7.47. The average Bonchev–Trinajstić information content (AvgIpc) is 2.52. The molecule has 0 aliphatic heterocycles. The number of carbonyl (C=O) groups is 2. The first-order valence-corrected chi connectivity index (χ1v) is 15.9. The van der Waals surface area contributed by atoms with E-state index in [0.29, 0.717) is 17.6 Å². The number of carboxylic acid groups (broad SMARTS) is 1. The fraction of sp³-hybridized carbons (Fsp3) is 0.400. The van der Waals surface area contributed by atoms with Crippen LogP contribution in [-0.2, 0) is 9.83 Å². The van der Waals surface area contributed by atoms with Crippen molar-refractivity contribution in [2.24, 2.45) is 5.73 Å². The van der Waals surface area contributed by atoms with Gasteiger partial charge in [-0.05, 0) is 18.1 Å². The standard InChI is InChI=1S/C20H29NO3Si2/c1-25(2,3)17-13-20(26(4,5)6,12-11-15(17)18(21)22)16-10-8-7-9-14(16)19(23)24/h7-11,13H,12H2,1-6H3,(H2,21,22)(H,23,24). The number of rotatable bonds is 5. The zero-order chi connectivity index (χ0) is 19.9. The normalized spacial score (nSPS) is 21.0. The Morgan fingerprint density at radius 1 is 1.08 bits per heavy atom. The van der Waals surface area contributed by atoms with Crippen molar-refractivity contribution in [3.05, 3.63) is 58.3 Å². The smallest absolute Gasteiger partial charge is 0.335 e. The number of aromatic carboxylic acids is 1. The van der Waals surface area contributed by atoms with Crippen molar-refractivity contribution >= 4 is 28.0 Å². The van der Waals surface area contributed by atoms with Gasteiger partial charge in [-0.25, -0.2) is 4.79 Å². The summed E-state index contributed by atoms with van der Waals surface area (Å²) >= 11 is 0. The van der Waals surface area contributed by atoms with Crippen LogP contribution in [0.15, 0.2) is 47.2 Å². The number of nitrogens with two attached hydrogens (primary N) is 1. The second kappa shape index (κ2) is 6.66. The molecular weight excluding hydrogens is 358 g/mol. The van der Waals surface area contributed by atoms with Crippen molar-refractivity contribution in [3.63, 3.8) is 0 Å². The molecule has 0 spiro atoms. The molecule has 0 bridgehead atoms. The minimum absolute atomic E-state index is 0.344. The summed E-state index contributed by atoms with van der Waals surface area (Å²) in [7, 11) is -3.78. The molecule has 4 nitrogen and oxygen atoms in total. The Labute approximate surface area is 157 Å². The third-order valence-electron chi connectivity index (χ3n) is 5.36. The van der Waals surface area contributed by atoms with Gasteiger partial charge in [-0.2, -0.15) is 0 Å². The average molecular weight is 388 g/mol. The topological polar surface area (TPSA) is 80.4 Å². The molecule has 0 radical (unpaired) electrons. The van der Waals surface area contributed by atoms with Gasteiger partial charge in [0.15, 0.2) is 0 Å². The Balaban J connectivity index is 2.86. The number of amides is 1. The lowest BCUT2D eigenvalue weighted by atomic mass is 9.85. The zero-order valence-corrected chi connectivity index (χ0v) is 18.5. The minimum atomic E-state index is -1.92. The molecule has 26 heavy (non-hydrogen) atoms. The molecule has 6 heteroatoms. The van der Waals surface area contributed by atoms with Gasteiger partial charge in [-0.3, -0.25) is 4.79 Å². The molecule has 140 valence electrons. The van der Waals surface area contributed by atoms with Crippen molar-refractivity contribution in [2.75, 3.05) is 0 Å². The van der Waals surface area contributed by atoms with Gasteiger partial charge in [0.1, 0.15) is 0 Å². The molecule has 1 atom stereocenters. The molecule has 1 aromatic rings. The van der Waals surface area contributed by atoms with E-state index in [1.54, 1.807) is 12.1 Å². The summed E-state index contributed by atoms with van der Waals surface area (Å²) in [4.78, 5) is 23.9. The summed E-state index contributed by atoms with van der Waals surface area (Å²) in [6.45, 7) is 13.4. The van der Waals surface area contributed by atoms with Gasteiger partial charge < -0.3 is 10.8 Å². The SMILES string of the molecule is C[Si](C)(C)C1=CC(c2ccccc2C(=O)O)([Si](C)(C)C)CC=C1C(N)=O. The van der Waals surface area contributed by atoms with Gasteiger partial charge >= 0.3 is 5.97 Å². The third kappa shape index (κ3) is 3.48. The Bertz CT molecular complexity index is 813. The van der Waals surface area contributed by atoms with E-state index in [2.05, 4.69) is 45.4 Å². The maximum Gasteiger partial charge on any atom is 0.335 e. The Morgan fingerprint density at radius 3 is 2.12 bits per heavy atom. The molecule has 1 aliphatic carbocycles. The summed E-state index contributed by atoms with van der Waals surface area (Å²) in [5.74, 6) is -1.31. The molecule has 0 fully saturated rings. The molecule has 1 aliphatic rings. The van der Waals surface area contributed by atoms with Crippen LogP contribution in [0.5, 0.6) is 0 Å². The highest BCUT2D eigenvalue weighted by molar-refractivity contribution is 6.85. The Hall–Kier alpha value is -1.93. The van der Waals surface area contributed by atoms with E-state index in [0.717, 1.165) is 10.8 Å². The zero-order valence-electron chi connectivity index (χ0n) is 16.5. The maximum atomic E-state index is 12.0. The molecule has 2 rings (SSSR count). The van der Waals surface area contributed by atoms with Gasteiger partial charge in [0.25, 0.3) is 0 Å². The van der Waals surface area contributed by atoms with Gasteiger partial charge in [0.2, 0.25) is 5.91 Å². The van der Waals surface area contributed by atoms with Crippen LogP contribution in [0.3, 0.4) is 0 Å². The summed E-state index contributed by atoms with van der Waals surface area (Å²) in [5, 5.41) is 10.4. The number of allylic oxidation sites excluding steroid dienone is 2. The van der Waals surface area contributed by atoms with Crippen LogP contribution in [0.1, 0.15) is 22.3 Å². The summed E-state index contributed by atoms with van der Waals surface area (Å²) in [6.07, 6.45) is 4.78. The lowest BCUT2D eigenvalue weighted by molar-refractivity contribution is -0.114. The van der Waals surface area contributed by atoms with Crippen molar-refractivity contribution < 1.29 is 14.7 Å². The Morgan fingerprint density at radius 2 is 1.65 bits per heavy atom. The first-order valence-electron chi connectivity index (χ1n) is 8.88. The van der Waals surface area contributed by atoms with E-state index in [9.17, 15) is 14.7 Å². The third-order valence-corrected chi connectivity index (χ3v) is 10.7. The number of hydrogen-bond acceptors (Lipinski definition) is 2. The quantitative estimate of drug-likeness (QED) is 0.746. The van der Waals surface area contributed by atoms with Crippen LogP contribution in [0.2, 0.25) is 39.3 Å². The minimum Gasteiger partial charge on any atom is -0.478 e. The van der Waals surface area contributed by atoms with Crippen molar-refractivity contribution in [2.45, 2.75) is 50.7 Å². The monoisotopic (exact) mass is 387 g/mol. The maximum absolute atomic E-state index is 12.0. The van der Waals surface area contributed by atoms with E-state index in [1.165, 1.54) is 0 Å². The lowest BCUT2D eigenvalue weighted by Gasteiger charge is -2.46. The largest absolute Gasteiger partial charge is 0.478 e. The number of carbonyl (C=O) groups excluding carboxylic acids is 1. The van der Waals surface area contributed by atoms with E-state index >= 15 is 0 Å². The highest BCUT2D eigenvalue weighted by Gasteiger charge is 2.47. The van der Waals surface area contributed by atoms with Crippen LogP contribution >= 0.6 is 0 Å². The van der Waals surface area contributed by atoms with Gasteiger partial charge in [-0.15, -0.1) is 0 Å². The number of hydrogen-bond donors (Lipinski definition) is 2. The second-order valence-electron chi connectivity index (χ2n) is 9.07. The first-order chi connectivity index (χ1) is 11.8. The molecule has 1 amide bonds. The van der Waals surface area contributed by atoms with Crippen LogP contribution < -0.4 is 5.73 Å². The fourth-order valence-electron chi connectivity index (χ4n) is 3.78. The number of benzene rings is 1. The van der Waals surface area contributed by atoms with Crippen molar-refractivity contribution in [3.8, 4) is 0 Å². The van der Waals surface area contributed by atoms with Gasteiger partial charge in [-0.1, -0.05) is 74.8 Å². The Kier molecular flexibility index (Phi) is 5.23. The predicted octanol–water partition coefficient (Wildman–Crippen LogP) is 4.12. The molecule has 0 heterocycles. The van der Waals surface area contributed by atoms with Gasteiger partial charge in [0, 0.05) is 10.6 Å². The van der Waals surface area contributed by atoms with E-state index in [4.69, 9.17) is 5.73 Å². The molecule has 1 aromatic carbocycles. The first kappa shape index (κ1) is 20.4. The highest BCUT2D eigenvalue weighted by Crippen LogP contribution is 2.46. The van der Waals surface area contributed by atoms with Crippen molar-refractivity contribution in [1.29, 1.82) is 0 Å². The van der Waals surface area contributed by atoms with Crippen LogP contribution in [-0.4, -0.2) is 33.1 Å². The molecule has 0 saturated carbocycles. The number of carboxylic acids is 1. The van der Waals surface area contributed by atoms with Crippen LogP contribution in [0, 0.1) is 0 Å². The summed E-state index contributed by atoms with van der Waals surface area (Å²) in [6, 6.07) is 7.28. The van der Waals surface area contributed by atoms with Crippen LogP contribution in [0.4, 0.5) is 0 Å². The van der Waals surface area contributed by atoms with Crippen molar-refractivity contribution in [1.82, 2.24) is 0 Å². The molecule has 0 saturated heterocycles. The lowest BCUT2D eigenvalue weighted by Crippen LogP contribution is -2.51. The van der Waals surface area contributed by atoms with E-state index in [-0.39, 0.29) is 5.04 Å². The molecule has 0 aromatic heterocycles.